The van der Waals surface area contributed by atoms with Gasteiger partial charge >= 0.3 is 0 Å². The Bertz CT molecular complexity index is 580. The number of aryl methyl sites for hydroxylation is 2. The van der Waals surface area contributed by atoms with Gasteiger partial charge in [-0.25, -0.2) is 4.98 Å². The van der Waals surface area contributed by atoms with Crippen LogP contribution < -0.4 is 0 Å². The first-order valence-electron chi connectivity index (χ1n) is 6.25. The summed E-state index contributed by atoms with van der Waals surface area (Å²) >= 11 is 5.82. The number of alkyl halides is 1. The van der Waals surface area contributed by atoms with Gasteiger partial charge in [0.2, 0.25) is 0 Å². The summed E-state index contributed by atoms with van der Waals surface area (Å²) in [6.07, 6.45) is 3.01. The number of benzene rings is 1. The minimum Gasteiger partial charge on any atom is -0.328 e. The molecule has 0 N–H and O–H groups in total. The van der Waals surface area contributed by atoms with Crippen molar-refractivity contribution in [2.75, 3.05) is 5.88 Å². The monoisotopic (exact) mass is 261 g/mol. The molecule has 0 aliphatic rings. The summed E-state index contributed by atoms with van der Waals surface area (Å²) in [6.45, 7) is 3.11. The van der Waals surface area contributed by atoms with Gasteiger partial charge < -0.3 is 4.57 Å². The molecule has 0 radical (unpaired) electrons. The van der Waals surface area contributed by atoms with E-state index in [0.717, 1.165) is 42.7 Å². The molecule has 0 bridgehead atoms. The summed E-state index contributed by atoms with van der Waals surface area (Å²) in [6, 6.07) is 7.81. The Morgan fingerprint density at radius 2 is 2.28 bits per heavy atom. The van der Waals surface area contributed by atoms with Crippen LogP contribution >= 0.6 is 11.6 Å². The lowest BCUT2D eigenvalue weighted by Crippen LogP contribution is -2.04. The largest absolute Gasteiger partial charge is 0.328 e. The number of aromatic nitrogens is 2. The minimum absolute atomic E-state index is 0.570. The number of hydrogen-bond acceptors (Lipinski definition) is 2. The average molecular weight is 262 g/mol. The molecular weight excluding hydrogens is 246 g/mol. The van der Waals surface area contributed by atoms with Gasteiger partial charge in [0, 0.05) is 18.8 Å². The number of unbranched alkanes of at least 4 members (excludes halogenated alkanes) is 1. The normalized spacial score (nSPS) is 10.7. The first-order valence-corrected chi connectivity index (χ1v) is 6.78. The number of fused-ring (bicyclic) bond motifs is 1. The molecule has 0 saturated heterocycles. The molecule has 0 fully saturated rings. The van der Waals surface area contributed by atoms with E-state index in [1.807, 2.05) is 18.2 Å². The standard InChI is InChI=1S/C14H16ClN3/c1-2-3-8-18-13-9-11(10-16)4-5-12(13)17-14(18)6-7-15/h4-5,9H,2-3,6-8H2,1H3. The van der Waals surface area contributed by atoms with Crippen molar-refractivity contribution in [3.8, 4) is 6.07 Å². The van der Waals surface area contributed by atoms with Crippen molar-refractivity contribution in [1.82, 2.24) is 9.55 Å². The lowest BCUT2D eigenvalue weighted by atomic mass is 10.2. The molecule has 0 aliphatic heterocycles. The Morgan fingerprint density at radius 3 is 2.94 bits per heavy atom. The third-order valence-corrected chi connectivity index (χ3v) is 3.20. The maximum Gasteiger partial charge on any atom is 0.111 e. The lowest BCUT2D eigenvalue weighted by Gasteiger charge is -2.07. The van der Waals surface area contributed by atoms with Crippen molar-refractivity contribution < 1.29 is 0 Å². The highest BCUT2D eigenvalue weighted by molar-refractivity contribution is 6.17. The molecule has 2 aromatic rings. The highest BCUT2D eigenvalue weighted by atomic mass is 35.5. The van der Waals surface area contributed by atoms with E-state index in [1.54, 1.807) is 0 Å². The van der Waals surface area contributed by atoms with Gasteiger partial charge in [-0.05, 0) is 24.6 Å². The second kappa shape index (κ2) is 5.88. The molecule has 0 aliphatic carbocycles. The van der Waals surface area contributed by atoms with Gasteiger partial charge in [-0.3, -0.25) is 0 Å². The molecular formula is C14H16ClN3. The van der Waals surface area contributed by atoms with E-state index in [9.17, 15) is 0 Å². The Hall–Kier alpha value is -1.53. The SMILES string of the molecule is CCCCn1c(CCCl)nc2ccc(C#N)cc21. The number of nitrogens with zero attached hydrogens (tertiary/aromatic N) is 3. The second-order valence-corrected chi connectivity index (χ2v) is 4.67. The molecule has 0 atom stereocenters. The Morgan fingerprint density at radius 1 is 1.44 bits per heavy atom. The molecule has 0 unspecified atom stereocenters. The first-order chi connectivity index (χ1) is 8.80. The van der Waals surface area contributed by atoms with Crippen LogP contribution in [-0.2, 0) is 13.0 Å². The fraction of sp³-hybridized carbons (Fsp3) is 0.429. The van der Waals surface area contributed by atoms with Gasteiger partial charge in [0.1, 0.15) is 5.82 Å². The van der Waals surface area contributed by atoms with E-state index in [-0.39, 0.29) is 0 Å². The fourth-order valence-corrected chi connectivity index (χ4v) is 2.25. The molecule has 1 aromatic heterocycles. The zero-order chi connectivity index (χ0) is 13.0. The minimum atomic E-state index is 0.570. The molecule has 94 valence electrons. The second-order valence-electron chi connectivity index (χ2n) is 4.29. The molecule has 0 amide bonds. The predicted octanol–water partition coefficient (Wildman–Crippen LogP) is 3.49. The summed E-state index contributed by atoms with van der Waals surface area (Å²) < 4.78 is 2.20. The topological polar surface area (TPSA) is 41.6 Å². The molecule has 4 heteroatoms. The zero-order valence-electron chi connectivity index (χ0n) is 10.5. The number of imidazole rings is 1. The molecule has 1 heterocycles. The number of halogens is 1. The van der Waals surface area contributed by atoms with E-state index < -0.39 is 0 Å². The highest BCUT2D eigenvalue weighted by Gasteiger charge is 2.10. The summed E-state index contributed by atoms with van der Waals surface area (Å²) in [4.78, 5) is 4.60. The van der Waals surface area contributed by atoms with E-state index in [4.69, 9.17) is 16.9 Å². The summed E-state index contributed by atoms with van der Waals surface area (Å²) in [5.41, 5.74) is 2.67. The van der Waals surface area contributed by atoms with E-state index in [0.29, 0.717) is 11.4 Å². The molecule has 18 heavy (non-hydrogen) atoms. The zero-order valence-corrected chi connectivity index (χ0v) is 11.2. The highest BCUT2D eigenvalue weighted by Crippen LogP contribution is 2.19. The van der Waals surface area contributed by atoms with E-state index in [1.165, 1.54) is 0 Å². The van der Waals surface area contributed by atoms with Crippen LogP contribution in [0.15, 0.2) is 18.2 Å². The van der Waals surface area contributed by atoms with Gasteiger partial charge in [0.15, 0.2) is 0 Å². The van der Waals surface area contributed by atoms with Crippen LogP contribution in [0.3, 0.4) is 0 Å². The molecule has 0 saturated carbocycles. The van der Waals surface area contributed by atoms with Crippen LogP contribution in [-0.4, -0.2) is 15.4 Å². The summed E-state index contributed by atoms with van der Waals surface area (Å²) in [7, 11) is 0. The third-order valence-electron chi connectivity index (χ3n) is 3.01. The van der Waals surface area contributed by atoms with Crippen LogP contribution in [0.2, 0.25) is 0 Å². The molecule has 3 nitrogen and oxygen atoms in total. The van der Waals surface area contributed by atoms with E-state index in [2.05, 4.69) is 22.5 Å². The number of hydrogen-bond donors (Lipinski definition) is 0. The van der Waals surface area contributed by atoms with Gasteiger partial charge in [-0.2, -0.15) is 5.26 Å². The number of nitriles is 1. The fourth-order valence-electron chi connectivity index (χ4n) is 2.08. The van der Waals surface area contributed by atoms with Crippen molar-refractivity contribution in [2.45, 2.75) is 32.7 Å². The third kappa shape index (κ3) is 2.49. The summed E-state index contributed by atoms with van der Waals surface area (Å²) in [5.74, 6) is 1.59. The van der Waals surface area contributed by atoms with Crippen LogP contribution in [0.5, 0.6) is 0 Å². The maximum absolute atomic E-state index is 8.97. The average Bonchev–Trinajstić information content (AvgIpc) is 2.73. The Kier molecular flexibility index (Phi) is 4.22. The Balaban J connectivity index is 2.51. The van der Waals surface area contributed by atoms with Crippen molar-refractivity contribution in [3.05, 3.63) is 29.6 Å². The van der Waals surface area contributed by atoms with Gasteiger partial charge in [-0.1, -0.05) is 13.3 Å². The quantitative estimate of drug-likeness (QED) is 0.773. The van der Waals surface area contributed by atoms with E-state index >= 15 is 0 Å². The smallest absolute Gasteiger partial charge is 0.111 e. The van der Waals surface area contributed by atoms with Gasteiger partial charge in [-0.15, -0.1) is 11.6 Å². The predicted molar refractivity (Wildman–Crippen MR) is 73.8 cm³/mol. The summed E-state index contributed by atoms with van der Waals surface area (Å²) in [5, 5.41) is 8.97. The lowest BCUT2D eigenvalue weighted by molar-refractivity contribution is 0.620. The van der Waals surface area contributed by atoms with Crippen molar-refractivity contribution in [2.24, 2.45) is 0 Å². The van der Waals surface area contributed by atoms with Crippen LogP contribution in [0.1, 0.15) is 31.2 Å². The van der Waals surface area contributed by atoms with Gasteiger partial charge in [0.25, 0.3) is 0 Å². The Labute approximate surface area is 112 Å². The van der Waals surface area contributed by atoms with Crippen molar-refractivity contribution in [3.63, 3.8) is 0 Å². The molecule has 2 rings (SSSR count). The maximum atomic E-state index is 8.97. The van der Waals surface area contributed by atoms with Crippen molar-refractivity contribution >= 4 is 22.6 Å². The van der Waals surface area contributed by atoms with Crippen LogP contribution in [0.25, 0.3) is 11.0 Å². The van der Waals surface area contributed by atoms with Crippen LogP contribution in [0.4, 0.5) is 0 Å². The van der Waals surface area contributed by atoms with Crippen molar-refractivity contribution in [1.29, 1.82) is 5.26 Å². The van der Waals surface area contributed by atoms with Crippen LogP contribution in [0, 0.1) is 11.3 Å². The first kappa shape index (κ1) is 12.9. The van der Waals surface area contributed by atoms with Gasteiger partial charge in [0.05, 0.1) is 22.7 Å². The molecule has 1 aromatic carbocycles. The molecule has 0 spiro atoms. The number of rotatable bonds is 5.